The first-order valence-electron chi connectivity index (χ1n) is 8.35. The van der Waals surface area contributed by atoms with Gasteiger partial charge in [0.05, 0.1) is 12.5 Å². The fourth-order valence-electron chi connectivity index (χ4n) is 3.78. The predicted octanol–water partition coefficient (Wildman–Crippen LogP) is 2.23. The van der Waals surface area contributed by atoms with Crippen LogP contribution in [0.3, 0.4) is 0 Å². The van der Waals surface area contributed by atoms with Gasteiger partial charge in [-0.3, -0.25) is 14.5 Å². The molecule has 20 heavy (non-hydrogen) atoms. The zero-order chi connectivity index (χ0) is 13.9. The van der Waals surface area contributed by atoms with Crippen molar-refractivity contribution in [3.8, 4) is 0 Å². The maximum Gasteiger partial charge on any atom is 0.247 e. The lowest BCUT2D eigenvalue weighted by atomic mass is 9.83. The summed E-state index contributed by atoms with van der Waals surface area (Å²) in [6.07, 6.45) is 11.1. The van der Waals surface area contributed by atoms with Crippen molar-refractivity contribution in [2.45, 2.75) is 76.3 Å². The van der Waals surface area contributed by atoms with Gasteiger partial charge in [0, 0.05) is 6.04 Å². The van der Waals surface area contributed by atoms with Crippen molar-refractivity contribution in [2.24, 2.45) is 5.92 Å². The summed E-state index contributed by atoms with van der Waals surface area (Å²) in [4.78, 5) is 26.1. The Morgan fingerprint density at radius 3 is 2.40 bits per heavy atom. The first-order chi connectivity index (χ1) is 9.75. The van der Waals surface area contributed by atoms with E-state index in [0.29, 0.717) is 6.42 Å². The summed E-state index contributed by atoms with van der Waals surface area (Å²) < 4.78 is 0. The molecule has 112 valence electrons. The van der Waals surface area contributed by atoms with Gasteiger partial charge in [-0.25, -0.2) is 0 Å². The highest BCUT2D eigenvalue weighted by Crippen LogP contribution is 2.29. The minimum absolute atomic E-state index is 0.0375. The van der Waals surface area contributed by atoms with Crippen LogP contribution in [0.4, 0.5) is 0 Å². The van der Waals surface area contributed by atoms with Crippen LogP contribution in [0.5, 0.6) is 0 Å². The quantitative estimate of drug-likeness (QED) is 0.785. The summed E-state index contributed by atoms with van der Waals surface area (Å²) in [6, 6.07) is -0.0633. The molecule has 1 saturated heterocycles. The lowest BCUT2D eigenvalue weighted by Gasteiger charge is -2.30. The normalized spacial score (nSPS) is 29.0. The Hall–Kier alpha value is -0.900. The van der Waals surface area contributed by atoms with Gasteiger partial charge in [-0.1, -0.05) is 38.5 Å². The lowest BCUT2D eigenvalue weighted by molar-refractivity contribution is -0.142. The van der Waals surface area contributed by atoms with E-state index in [1.54, 1.807) is 4.90 Å². The third-order valence-corrected chi connectivity index (χ3v) is 5.29. The fraction of sp³-hybridized carbons (Fsp3) is 0.875. The highest BCUT2D eigenvalue weighted by Gasteiger charge is 2.42. The molecule has 4 heteroatoms. The van der Waals surface area contributed by atoms with Crippen LogP contribution in [-0.4, -0.2) is 35.3 Å². The second-order valence-electron chi connectivity index (χ2n) is 6.69. The third-order valence-electron chi connectivity index (χ3n) is 5.29. The van der Waals surface area contributed by atoms with Crippen molar-refractivity contribution >= 4 is 11.8 Å². The van der Waals surface area contributed by atoms with E-state index in [1.165, 1.54) is 25.7 Å². The van der Waals surface area contributed by atoms with Crippen LogP contribution in [0.15, 0.2) is 0 Å². The lowest BCUT2D eigenvalue weighted by Crippen LogP contribution is -2.45. The van der Waals surface area contributed by atoms with Gasteiger partial charge in [0.15, 0.2) is 0 Å². The molecule has 0 spiro atoms. The minimum Gasteiger partial charge on any atom is -0.305 e. The van der Waals surface area contributed by atoms with Crippen molar-refractivity contribution in [2.75, 3.05) is 6.54 Å². The molecule has 1 heterocycles. The van der Waals surface area contributed by atoms with Crippen LogP contribution in [-0.2, 0) is 9.59 Å². The van der Waals surface area contributed by atoms with Crippen LogP contribution in [0.1, 0.15) is 64.2 Å². The molecule has 1 atom stereocenters. The van der Waals surface area contributed by atoms with E-state index in [0.717, 1.165) is 44.6 Å². The Balaban J connectivity index is 1.49. The molecular weight excluding hydrogens is 252 g/mol. The molecule has 3 aliphatic rings. The molecule has 1 aliphatic heterocycles. The zero-order valence-electron chi connectivity index (χ0n) is 12.3. The van der Waals surface area contributed by atoms with Gasteiger partial charge in [-0.05, 0) is 31.7 Å². The molecular formula is C16H26N2O2. The standard InChI is InChI=1S/C16H26N2O2/c19-15-11-14(17-10-9-12-5-4-6-12)16(20)18(15)13-7-2-1-3-8-13/h12-14,17H,1-11H2. The monoisotopic (exact) mass is 278 g/mol. The smallest absolute Gasteiger partial charge is 0.247 e. The maximum absolute atomic E-state index is 12.4. The van der Waals surface area contributed by atoms with Crippen molar-refractivity contribution < 1.29 is 9.59 Å². The predicted molar refractivity (Wildman–Crippen MR) is 77.1 cm³/mol. The molecule has 0 aromatic rings. The molecule has 0 aromatic heterocycles. The van der Waals surface area contributed by atoms with E-state index in [1.807, 2.05) is 0 Å². The molecule has 2 amide bonds. The highest BCUT2D eigenvalue weighted by atomic mass is 16.2. The average molecular weight is 278 g/mol. The number of imide groups is 1. The van der Waals surface area contributed by atoms with E-state index >= 15 is 0 Å². The number of likely N-dealkylation sites (tertiary alicyclic amines) is 1. The van der Waals surface area contributed by atoms with Crippen molar-refractivity contribution in [1.82, 2.24) is 10.2 Å². The number of nitrogens with one attached hydrogen (secondary N) is 1. The molecule has 2 aliphatic carbocycles. The van der Waals surface area contributed by atoms with Gasteiger partial charge in [0.2, 0.25) is 11.8 Å². The van der Waals surface area contributed by atoms with E-state index in [4.69, 9.17) is 0 Å². The first-order valence-corrected chi connectivity index (χ1v) is 8.35. The maximum atomic E-state index is 12.4. The SMILES string of the molecule is O=C1CC(NCCC2CCC2)C(=O)N1C1CCCCC1. The number of carbonyl (C=O) groups excluding carboxylic acids is 2. The number of hydrogen-bond acceptors (Lipinski definition) is 3. The zero-order valence-corrected chi connectivity index (χ0v) is 12.3. The molecule has 4 nitrogen and oxygen atoms in total. The Morgan fingerprint density at radius 1 is 1.00 bits per heavy atom. The van der Waals surface area contributed by atoms with Crippen LogP contribution < -0.4 is 5.32 Å². The topological polar surface area (TPSA) is 49.4 Å². The Kier molecular flexibility index (Phi) is 4.39. The second-order valence-corrected chi connectivity index (χ2v) is 6.69. The van der Waals surface area contributed by atoms with Gasteiger partial charge >= 0.3 is 0 Å². The second kappa shape index (κ2) is 6.25. The Bertz CT molecular complexity index is 373. The first kappa shape index (κ1) is 14.1. The summed E-state index contributed by atoms with van der Waals surface area (Å²) >= 11 is 0. The van der Waals surface area contributed by atoms with Gasteiger partial charge in [0.1, 0.15) is 0 Å². The molecule has 3 rings (SSSR count). The molecule has 0 bridgehead atoms. The van der Waals surface area contributed by atoms with Crippen molar-refractivity contribution in [3.63, 3.8) is 0 Å². The van der Waals surface area contributed by atoms with Crippen LogP contribution in [0, 0.1) is 5.92 Å². The Morgan fingerprint density at radius 2 is 1.75 bits per heavy atom. The van der Waals surface area contributed by atoms with Crippen molar-refractivity contribution in [3.05, 3.63) is 0 Å². The number of amides is 2. The van der Waals surface area contributed by atoms with E-state index < -0.39 is 0 Å². The highest BCUT2D eigenvalue weighted by molar-refractivity contribution is 6.05. The largest absolute Gasteiger partial charge is 0.305 e. The van der Waals surface area contributed by atoms with Crippen LogP contribution >= 0.6 is 0 Å². The summed E-state index contributed by atoms with van der Waals surface area (Å²) in [6.45, 7) is 0.882. The number of hydrogen-bond donors (Lipinski definition) is 1. The molecule has 1 unspecified atom stereocenters. The van der Waals surface area contributed by atoms with E-state index in [-0.39, 0.29) is 23.9 Å². The van der Waals surface area contributed by atoms with Gasteiger partial charge in [-0.15, -0.1) is 0 Å². The van der Waals surface area contributed by atoms with Crippen LogP contribution in [0.2, 0.25) is 0 Å². The summed E-state index contributed by atoms with van der Waals surface area (Å²) in [5.74, 6) is 0.933. The van der Waals surface area contributed by atoms with E-state index in [9.17, 15) is 9.59 Å². The van der Waals surface area contributed by atoms with E-state index in [2.05, 4.69) is 5.32 Å². The third kappa shape index (κ3) is 2.90. The Labute approximate surface area is 121 Å². The van der Waals surface area contributed by atoms with Gasteiger partial charge < -0.3 is 5.32 Å². The minimum atomic E-state index is -0.246. The average Bonchev–Trinajstić information content (AvgIpc) is 2.68. The number of carbonyl (C=O) groups is 2. The molecule has 2 saturated carbocycles. The molecule has 0 aromatic carbocycles. The van der Waals surface area contributed by atoms with Gasteiger partial charge in [0.25, 0.3) is 0 Å². The summed E-state index contributed by atoms with van der Waals surface area (Å²) in [5.41, 5.74) is 0. The summed E-state index contributed by atoms with van der Waals surface area (Å²) in [5, 5.41) is 3.32. The van der Waals surface area contributed by atoms with Crippen molar-refractivity contribution in [1.29, 1.82) is 0 Å². The molecule has 1 N–H and O–H groups in total. The van der Waals surface area contributed by atoms with Crippen LogP contribution in [0.25, 0.3) is 0 Å². The fourth-order valence-corrected chi connectivity index (χ4v) is 3.78. The number of nitrogens with zero attached hydrogens (tertiary/aromatic N) is 1. The summed E-state index contributed by atoms with van der Waals surface area (Å²) in [7, 11) is 0. The molecule has 3 fully saturated rings. The molecule has 0 radical (unpaired) electrons. The van der Waals surface area contributed by atoms with Gasteiger partial charge in [-0.2, -0.15) is 0 Å². The number of rotatable bonds is 5.